The molecule has 0 spiro atoms. The lowest BCUT2D eigenvalue weighted by molar-refractivity contribution is 0.700. The Hall–Kier alpha value is -1.09. The van der Waals surface area contributed by atoms with Gasteiger partial charge in [-0.1, -0.05) is 51.6 Å². The first kappa shape index (κ1) is 18.0. The molecule has 1 aliphatic rings. The van der Waals surface area contributed by atoms with Crippen LogP contribution in [0.5, 0.6) is 0 Å². The van der Waals surface area contributed by atoms with Crippen LogP contribution in [0.15, 0.2) is 39.1 Å². The average molecular weight is 477 g/mol. The fourth-order valence-electron chi connectivity index (χ4n) is 3.56. The van der Waals surface area contributed by atoms with E-state index in [-0.39, 0.29) is 0 Å². The zero-order valence-electron chi connectivity index (χ0n) is 14.7. The van der Waals surface area contributed by atoms with Crippen molar-refractivity contribution in [2.45, 2.75) is 41.7 Å². The van der Waals surface area contributed by atoms with Crippen LogP contribution in [0, 0.1) is 0 Å². The van der Waals surface area contributed by atoms with Crippen LogP contribution in [0.25, 0.3) is 15.9 Å². The van der Waals surface area contributed by atoms with Crippen LogP contribution in [0.1, 0.15) is 28.8 Å². The summed E-state index contributed by atoms with van der Waals surface area (Å²) in [5.41, 5.74) is 3.71. The van der Waals surface area contributed by atoms with Gasteiger partial charge in [-0.3, -0.25) is 0 Å². The van der Waals surface area contributed by atoms with E-state index >= 15 is 0 Å². The van der Waals surface area contributed by atoms with E-state index < -0.39 is 0 Å². The summed E-state index contributed by atoms with van der Waals surface area (Å²) in [4.78, 5) is 7.59. The third kappa shape index (κ3) is 3.20. The molecule has 0 unspecified atom stereocenters. The van der Waals surface area contributed by atoms with Crippen LogP contribution in [0.3, 0.4) is 0 Å². The van der Waals surface area contributed by atoms with Gasteiger partial charge >= 0.3 is 0 Å². The maximum atomic E-state index is 4.97. The predicted molar refractivity (Wildman–Crippen MR) is 118 cm³/mol. The summed E-state index contributed by atoms with van der Waals surface area (Å²) < 4.78 is 3.25. The van der Waals surface area contributed by atoms with Crippen LogP contribution in [-0.4, -0.2) is 25.8 Å². The molecule has 0 radical (unpaired) electrons. The van der Waals surface area contributed by atoms with Crippen molar-refractivity contribution in [3.63, 3.8) is 0 Å². The number of halogens is 1. The van der Waals surface area contributed by atoms with Gasteiger partial charge in [0, 0.05) is 15.1 Å². The van der Waals surface area contributed by atoms with Gasteiger partial charge in [0.25, 0.3) is 0 Å². The largest absolute Gasteiger partial charge is 0.248 e. The SMILES string of the molecule is CSc1nc2sc3c(c2c2nnc(SCc4ccc(Br)cc4)n12)CCCC3. The van der Waals surface area contributed by atoms with Crippen LogP contribution >= 0.6 is 50.8 Å². The quantitative estimate of drug-likeness (QED) is 0.267. The van der Waals surface area contributed by atoms with E-state index in [4.69, 9.17) is 4.98 Å². The van der Waals surface area contributed by atoms with Crippen LogP contribution in [-0.2, 0) is 18.6 Å². The van der Waals surface area contributed by atoms with Gasteiger partial charge in [0.15, 0.2) is 16.0 Å². The Morgan fingerprint density at radius 2 is 1.93 bits per heavy atom. The van der Waals surface area contributed by atoms with E-state index in [0.29, 0.717) is 0 Å². The Morgan fingerprint density at radius 3 is 2.74 bits per heavy atom. The van der Waals surface area contributed by atoms with E-state index in [1.54, 1.807) is 23.5 Å². The molecule has 0 aliphatic heterocycles. The third-order valence-corrected chi connectivity index (χ3v) is 8.22. The molecule has 3 aromatic heterocycles. The number of thiophene rings is 1. The molecule has 0 saturated heterocycles. The molecule has 138 valence electrons. The minimum absolute atomic E-state index is 0.863. The van der Waals surface area contributed by atoms with Crippen molar-refractivity contribution in [3.05, 3.63) is 44.7 Å². The number of hydrogen-bond acceptors (Lipinski definition) is 6. The van der Waals surface area contributed by atoms with Gasteiger partial charge < -0.3 is 0 Å². The van der Waals surface area contributed by atoms with Crippen molar-refractivity contribution >= 4 is 66.7 Å². The molecule has 1 aromatic carbocycles. The highest BCUT2D eigenvalue weighted by Gasteiger charge is 2.23. The van der Waals surface area contributed by atoms with Gasteiger partial charge in [0.1, 0.15) is 4.83 Å². The Kier molecular flexibility index (Phi) is 4.92. The maximum Gasteiger partial charge on any atom is 0.198 e. The molecule has 0 N–H and O–H groups in total. The van der Waals surface area contributed by atoms with Crippen LogP contribution in [0.2, 0.25) is 0 Å². The molecular weight excluding hydrogens is 460 g/mol. The van der Waals surface area contributed by atoms with Crippen LogP contribution in [0.4, 0.5) is 0 Å². The standard InChI is InChI=1S/C19H17BrN4S3/c1-25-18-21-17-15(13-4-2-3-5-14(13)27-17)16-22-23-19(24(16)18)26-10-11-6-8-12(20)9-7-11/h6-9H,2-5,10H2,1H3. The molecule has 3 heterocycles. The predicted octanol–water partition coefficient (Wildman–Crippen LogP) is 5.99. The first-order valence-corrected chi connectivity index (χ1v) is 12.7. The second-order valence-corrected chi connectivity index (χ2v) is 10.3. The molecular formula is C19H17BrN4S3. The summed E-state index contributed by atoms with van der Waals surface area (Å²) in [6.45, 7) is 0. The smallest absolute Gasteiger partial charge is 0.198 e. The summed E-state index contributed by atoms with van der Waals surface area (Å²) in [7, 11) is 0. The minimum atomic E-state index is 0.863. The number of aryl methyl sites for hydroxylation is 2. The molecule has 4 aromatic rings. The van der Waals surface area contributed by atoms with E-state index in [2.05, 4.69) is 61.0 Å². The Bertz CT molecular complexity index is 1130. The highest BCUT2D eigenvalue weighted by Crippen LogP contribution is 2.39. The van der Waals surface area contributed by atoms with Gasteiger partial charge in [-0.05, 0) is 55.2 Å². The Balaban J connectivity index is 1.60. The summed E-state index contributed by atoms with van der Waals surface area (Å²) >= 11 is 8.72. The van der Waals surface area contributed by atoms with Crippen molar-refractivity contribution in [2.24, 2.45) is 0 Å². The second-order valence-electron chi connectivity index (χ2n) is 6.55. The van der Waals surface area contributed by atoms with Gasteiger partial charge in [-0.15, -0.1) is 21.5 Å². The molecule has 0 atom stereocenters. The van der Waals surface area contributed by atoms with Crippen molar-refractivity contribution in [1.29, 1.82) is 0 Å². The number of fused-ring (bicyclic) bond motifs is 5. The molecule has 0 fully saturated rings. The minimum Gasteiger partial charge on any atom is -0.248 e. The normalized spacial score (nSPS) is 14.1. The van der Waals surface area contributed by atoms with E-state index in [1.165, 1.54) is 40.7 Å². The first-order chi connectivity index (χ1) is 13.2. The number of rotatable bonds is 4. The molecule has 0 saturated carbocycles. The lowest BCUT2D eigenvalue weighted by Crippen LogP contribution is -2.00. The summed E-state index contributed by atoms with van der Waals surface area (Å²) in [6, 6.07) is 8.44. The lowest BCUT2D eigenvalue weighted by atomic mass is 9.97. The number of nitrogens with zero attached hydrogens (tertiary/aromatic N) is 4. The third-order valence-electron chi connectivity index (χ3n) is 4.86. The monoisotopic (exact) mass is 476 g/mol. The number of thioether (sulfide) groups is 2. The zero-order chi connectivity index (χ0) is 18.4. The molecule has 0 amide bonds. The fraction of sp³-hybridized carbons (Fsp3) is 0.316. The van der Waals surface area contributed by atoms with E-state index in [9.17, 15) is 0 Å². The summed E-state index contributed by atoms with van der Waals surface area (Å²) in [5.74, 6) is 0.863. The molecule has 0 bridgehead atoms. The molecule has 4 nitrogen and oxygen atoms in total. The fourth-order valence-corrected chi connectivity index (χ4v) is 6.62. The summed E-state index contributed by atoms with van der Waals surface area (Å²) in [5, 5.41) is 12.3. The Morgan fingerprint density at radius 1 is 1.11 bits per heavy atom. The van der Waals surface area contributed by atoms with Gasteiger partial charge in [-0.25, -0.2) is 9.38 Å². The Labute approximate surface area is 178 Å². The highest BCUT2D eigenvalue weighted by molar-refractivity contribution is 9.10. The maximum absolute atomic E-state index is 4.97. The lowest BCUT2D eigenvalue weighted by Gasteiger charge is -2.10. The number of hydrogen-bond donors (Lipinski definition) is 0. The van der Waals surface area contributed by atoms with Gasteiger partial charge in [0.2, 0.25) is 0 Å². The summed E-state index contributed by atoms with van der Waals surface area (Å²) in [6.07, 6.45) is 6.93. The molecule has 5 rings (SSSR count). The second kappa shape index (κ2) is 7.39. The van der Waals surface area contributed by atoms with Crippen molar-refractivity contribution < 1.29 is 0 Å². The average Bonchev–Trinajstić information content (AvgIpc) is 3.27. The van der Waals surface area contributed by atoms with Gasteiger partial charge in [0.05, 0.1) is 5.39 Å². The van der Waals surface area contributed by atoms with E-state index in [0.717, 1.165) is 37.4 Å². The highest BCUT2D eigenvalue weighted by atomic mass is 79.9. The van der Waals surface area contributed by atoms with Crippen molar-refractivity contribution in [3.8, 4) is 0 Å². The first-order valence-electron chi connectivity index (χ1n) is 8.85. The molecule has 1 aliphatic carbocycles. The van der Waals surface area contributed by atoms with Crippen molar-refractivity contribution in [2.75, 3.05) is 6.26 Å². The number of aromatic nitrogens is 4. The van der Waals surface area contributed by atoms with Crippen LogP contribution < -0.4 is 0 Å². The van der Waals surface area contributed by atoms with Gasteiger partial charge in [-0.2, -0.15) is 0 Å². The number of benzene rings is 1. The topological polar surface area (TPSA) is 43.1 Å². The van der Waals surface area contributed by atoms with E-state index in [1.807, 2.05) is 11.3 Å². The molecule has 27 heavy (non-hydrogen) atoms. The zero-order valence-corrected chi connectivity index (χ0v) is 18.8. The molecule has 8 heteroatoms. The van der Waals surface area contributed by atoms with Crippen molar-refractivity contribution in [1.82, 2.24) is 19.6 Å².